The SMILES string of the molecule is NC(CNC(=O)Cc1ccc(F)c(Cl)c1)c1ccc(C(=O)Nc2ccncc2)cc1. The van der Waals surface area contributed by atoms with Gasteiger partial charge in [-0.2, -0.15) is 0 Å². The highest BCUT2D eigenvalue weighted by Crippen LogP contribution is 2.17. The van der Waals surface area contributed by atoms with Crippen LogP contribution in [-0.4, -0.2) is 23.3 Å². The lowest BCUT2D eigenvalue weighted by atomic mass is 10.0. The van der Waals surface area contributed by atoms with Crippen LogP contribution in [0.4, 0.5) is 10.1 Å². The minimum Gasteiger partial charge on any atom is -0.354 e. The van der Waals surface area contributed by atoms with Crippen molar-refractivity contribution in [2.24, 2.45) is 5.73 Å². The lowest BCUT2D eigenvalue weighted by Crippen LogP contribution is -2.32. The zero-order valence-corrected chi connectivity index (χ0v) is 16.7. The normalized spacial score (nSPS) is 11.6. The van der Waals surface area contributed by atoms with E-state index in [1.54, 1.807) is 48.8 Å². The highest BCUT2D eigenvalue weighted by Gasteiger charge is 2.12. The maximum atomic E-state index is 13.2. The molecule has 154 valence electrons. The van der Waals surface area contributed by atoms with E-state index in [2.05, 4.69) is 15.6 Å². The summed E-state index contributed by atoms with van der Waals surface area (Å²) in [6.45, 7) is 0.219. The quantitative estimate of drug-likeness (QED) is 0.538. The van der Waals surface area contributed by atoms with Crippen LogP contribution in [0.1, 0.15) is 27.5 Å². The first kappa shape index (κ1) is 21.4. The van der Waals surface area contributed by atoms with Gasteiger partial charge in [0.15, 0.2) is 0 Å². The molecular weight excluding hydrogens is 407 g/mol. The fraction of sp³-hybridized carbons (Fsp3) is 0.136. The first-order chi connectivity index (χ1) is 14.4. The largest absolute Gasteiger partial charge is 0.354 e. The van der Waals surface area contributed by atoms with Crippen LogP contribution in [0.2, 0.25) is 5.02 Å². The third kappa shape index (κ3) is 5.85. The number of hydrogen-bond donors (Lipinski definition) is 3. The second kappa shape index (κ2) is 9.96. The predicted molar refractivity (Wildman–Crippen MR) is 114 cm³/mol. The Balaban J connectivity index is 1.51. The molecule has 0 fully saturated rings. The first-order valence-electron chi connectivity index (χ1n) is 9.20. The van der Waals surface area contributed by atoms with Crippen molar-refractivity contribution >= 4 is 29.1 Å². The van der Waals surface area contributed by atoms with Crippen molar-refractivity contribution in [1.82, 2.24) is 10.3 Å². The molecule has 0 saturated carbocycles. The number of rotatable bonds is 7. The molecule has 0 spiro atoms. The molecule has 0 aliphatic rings. The summed E-state index contributed by atoms with van der Waals surface area (Å²) >= 11 is 5.73. The van der Waals surface area contributed by atoms with E-state index >= 15 is 0 Å². The number of halogens is 2. The van der Waals surface area contributed by atoms with Gasteiger partial charge in [0.1, 0.15) is 5.82 Å². The van der Waals surface area contributed by atoms with Gasteiger partial charge in [-0.3, -0.25) is 14.6 Å². The fourth-order valence-electron chi connectivity index (χ4n) is 2.76. The van der Waals surface area contributed by atoms with Crippen LogP contribution >= 0.6 is 11.6 Å². The summed E-state index contributed by atoms with van der Waals surface area (Å²) < 4.78 is 13.2. The topological polar surface area (TPSA) is 97.1 Å². The van der Waals surface area contributed by atoms with Crippen molar-refractivity contribution < 1.29 is 14.0 Å². The monoisotopic (exact) mass is 426 g/mol. The van der Waals surface area contributed by atoms with E-state index in [0.29, 0.717) is 16.8 Å². The molecule has 1 aromatic heterocycles. The van der Waals surface area contributed by atoms with Crippen LogP contribution in [0.15, 0.2) is 67.0 Å². The zero-order valence-electron chi connectivity index (χ0n) is 15.9. The Kier molecular flexibility index (Phi) is 7.11. The average Bonchev–Trinajstić information content (AvgIpc) is 2.75. The van der Waals surface area contributed by atoms with Gasteiger partial charge in [-0.1, -0.05) is 29.8 Å². The van der Waals surface area contributed by atoms with E-state index < -0.39 is 11.9 Å². The van der Waals surface area contributed by atoms with Crippen LogP contribution in [-0.2, 0) is 11.2 Å². The molecule has 4 N–H and O–H groups in total. The van der Waals surface area contributed by atoms with Crippen molar-refractivity contribution in [3.8, 4) is 0 Å². The third-order valence-electron chi connectivity index (χ3n) is 4.41. The standard InChI is InChI=1S/C22H20ClFN4O2/c23-18-11-14(1-6-19(18)24)12-21(29)27-13-20(25)15-2-4-16(5-3-15)22(30)28-17-7-9-26-10-8-17/h1-11,20H,12-13,25H2,(H,27,29)(H,26,28,30). The molecule has 0 aliphatic carbocycles. The lowest BCUT2D eigenvalue weighted by molar-refractivity contribution is -0.120. The molecule has 1 heterocycles. The van der Waals surface area contributed by atoms with Crippen molar-refractivity contribution in [1.29, 1.82) is 0 Å². The number of hydrogen-bond acceptors (Lipinski definition) is 4. The van der Waals surface area contributed by atoms with Gasteiger partial charge in [-0.15, -0.1) is 0 Å². The number of nitrogens with zero attached hydrogens (tertiary/aromatic N) is 1. The number of nitrogens with two attached hydrogens (primary N) is 1. The maximum Gasteiger partial charge on any atom is 0.255 e. The first-order valence-corrected chi connectivity index (χ1v) is 9.57. The van der Waals surface area contributed by atoms with Gasteiger partial charge in [0.2, 0.25) is 5.91 Å². The Morgan fingerprint density at radius 2 is 1.77 bits per heavy atom. The molecular formula is C22H20ClFN4O2. The van der Waals surface area contributed by atoms with E-state index in [9.17, 15) is 14.0 Å². The minimum absolute atomic E-state index is 0.0231. The second-order valence-corrected chi connectivity index (χ2v) is 7.06. The van der Waals surface area contributed by atoms with E-state index in [1.807, 2.05) is 0 Å². The number of nitrogens with one attached hydrogen (secondary N) is 2. The molecule has 3 aromatic rings. The number of pyridine rings is 1. The average molecular weight is 427 g/mol. The molecule has 0 aliphatic heterocycles. The van der Waals surface area contributed by atoms with Crippen molar-refractivity contribution in [3.05, 3.63) is 94.5 Å². The molecule has 1 atom stereocenters. The second-order valence-electron chi connectivity index (χ2n) is 6.65. The van der Waals surface area contributed by atoms with E-state index in [-0.39, 0.29) is 29.8 Å². The van der Waals surface area contributed by atoms with E-state index in [4.69, 9.17) is 17.3 Å². The zero-order chi connectivity index (χ0) is 21.5. The van der Waals surface area contributed by atoms with Gasteiger partial charge in [0.25, 0.3) is 5.91 Å². The number of aromatic nitrogens is 1. The summed E-state index contributed by atoms with van der Waals surface area (Å²) in [5.74, 6) is -1.02. The molecule has 1 unspecified atom stereocenters. The highest BCUT2D eigenvalue weighted by atomic mass is 35.5. The van der Waals surface area contributed by atoms with Gasteiger partial charge < -0.3 is 16.4 Å². The number of amides is 2. The van der Waals surface area contributed by atoms with Crippen LogP contribution < -0.4 is 16.4 Å². The summed E-state index contributed by atoms with van der Waals surface area (Å²) in [7, 11) is 0. The number of benzene rings is 2. The Hall–Kier alpha value is -3.29. The predicted octanol–water partition coefficient (Wildman–Crippen LogP) is 3.49. The van der Waals surface area contributed by atoms with E-state index in [0.717, 1.165) is 5.56 Å². The number of carbonyl (C=O) groups excluding carboxylic acids is 2. The molecule has 0 bridgehead atoms. The molecule has 8 heteroatoms. The third-order valence-corrected chi connectivity index (χ3v) is 4.70. The molecule has 0 radical (unpaired) electrons. The fourth-order valence-corrected chi connectivity index (χ4v) is 2.96. The molecule has 2 aromatic carbocycles. The van der Waals surface area contributed by atoms with E-state index in [1.165, 1.54) is 18.2 Å². The Labute approximate surface area is 178 Å². The Morgan fingerprint density at radius 1 is 1.07 bits per heavy atom. The van der Waals surface area contributed by atoms with Crippen LogP contribution in [0.5, 0.6) is 0 Å². The Bertz CT molecular complexity index is 1030. The number of anilines is 1. The summed E-state index contributed by atoms with van der Waals surface area (Å²) in [5.41, 5.74) is 8.66. The van der Waals surface area contributed by atoms with Crippen LogP contribution in [0.25, 0.3) is 0 Å². The van der Waals surface area contributed by atoms with Crippen LogP contribution in [0.3, 0.4) is 0 Å². The summed E-state index contributed by atoms with van der Waals surface area (Å²) in [6.07, 6.45) is 3.26. The summed E-state index contributed by atoms with van der Waals surface area (Å²) in [5, 5.41) is 5.50. The summed E-state index contributed by atoms with van der Waals surface area (Å²) in [4.78, 5) is 28.3. The molecule has 2 amide bonds. The Morgan fingerprint density at radius 3 is 2.43 bits per heavy atom. The smallest absolute Gasteiger partial charge is 0.255 e. The van der Waals surface area contributed by atoms with Crippen molar-refractivity contribution in [3.63, 3.8) is 0 Å². The number of carbonyl (C=O) groups is 2. The van der Waals surface area contributed by atoms with Crippen molar-refractivity contribution in [2.45, 2.75) is 12.5 Å². The van der Waals surface area contributed by atoms with Crippen molar-refractivity contribution in [2.75, 3.05) is 11.9 Å². The molecule has 30 heavy (non-hydrogen) atoms. The molecule has 6 nitrogen and oxygen atoms in total. The van der Waals surface area contributed by atoms with Gasteiger partial charge in [0, 0.05) is 36.2 Å². The highest BCUT2D eigenvalue weighted by molar-refractivity contribution is 6.30. The van der Waals surface area contributed by atoms with Gasteiger partial charge in [-0.25, -0.2) is 4.39 Å². The van der Waals surface area contributed by atoms with Gasteiger partial charge in [0.05, 0.1) is 11.4 Å². The maximum absolute atomic E-state index is 13.2. The van der Waals surface area contributed by atoms with Crippen LogP contribution in [0, 0.1) is 5.82 Å². The minimum atomic E-state index is -0.527. The summed E-state index contributed by atoms with van der Waals surface area (Å²) in [6, 6.07) is 14.0. The lowest BCUT2D eigenvalue weighted by Gasteiger charge is -2.14. The van der Waals surface area contributed by atoms with Gasteiger partial charge >= 0.3 is 0 Å². The molecule has 3 rings (SSSR count). The van der Waals surface area contributed by atoms with Gasteiger partial charge in [-0.05, 0) is 47.5 Å². The molecule has 0 saturated heterocycles.